The maximum absolute atomic E-state index is 9.20. The van der Waals surface area contributed by atoms with Crippen LogP contribution in [-0.4, -0.2) is 66.0 Å². The van der Waals surface area contributed by atoms with E-state index < -0.39 is 0 Å². The quantitative estimate of drug-likeness (QED) is 0.420. The molecule has 4 nitrogen and oxygen atoms in total. The average Bonchev–Trinajstić information content (AvgIpc) is 2.64. The molecule has 0 aromatic heterocycles. The zero-order valence-electron chi connectivity index (χ0n) is 17.7. The van der Waals surface area contributed by atoms with Crippen molar-refractivity contribution in [3.8, 4) is 11.8 Å². The minimum atomic E-state index is 0.279. The van der Waals surface area contributed by atoms with Gasteiger partial charge < -0.3 is 15.1 Å². The highest BCUT2D eigenvalue weighted by atomic mass is 16.3. The Bertz CT molecular complexity index is 674. The molecule has 1 saturated carbocycles. The van der Waals surface area contributed by atoms with Gasteiger partial charge in [-0.05, 0) is 49.7 Å². The molecule has 2 fully saturated rings. The second-order valence-corrected chi connectivity index (χ2v) is 7.62. The van der Waals surface area contributed by atoms with Crippen molar-refractivity contribution in [3.63, 3.8) is 0 Å². The van der Waals surface area contributed by atoms with Crippen LogP contribution in [0.5, 0.6) is 0 Å². The lowest BCUT2D eigenvalue weighted by Crippen LogP contribution is -2.52. The van der Waals surface area contributed by atoms with Crippen LogP contribution in [-0.2, 0) is 0 Å². The lowest BCUT2D eigenvalue weighted by Gasteiger charge is -2.47. The van der Waals surface area contributed by atoms with Gasteiger partial charge in [0.2, 0.25) is 0 Å². The number of likely N-dealkylation sites (N-methyl/N-ethyl adjacent to an activating group) is 1. The zero-order chi connectivity index (χ0) is 21.3. The highest BCUT2D eigenvalue weighted by Gasteiger charge is 2.36. The Morgan fingerprint density at radius 3 is 2.39 bits per heavy atom. The third-order valence-electron chi connectivity index (χ3n) is 5.38. The van der Waals surface area contributed by atoms with Crippen molar-refractivity contribution in [2.24, 2.45) is 5.92 Å². The molecule has 28 heavy (non-hydrogen) atoms. The lowest BCUT2D eigenvalue weighted by molar-refractivity contribution is 0.0364. The summed E-state index contributed by atoms with van der Waals surface area (Å²) in [5, 5.41) is 16.2. The van der Waals surface area contributed by atoms with Crippen LogP contribution in [0.3, 0.4) is 0 Å². The highest BCUT2D eigenvalue weighted by Crippen LogP contribution is 2.34. The van der Waals surface area contributed by atoms with Crippen LogP contribution in [0.15, 0.2) is 60.9 Å². The van der Waals surface area contributed by atoms with Crippen LogP contribution in [0.2, 0.25) is 0 Å². The summed E-state index contributed by atoms with van der Waals surface area (Å²) in [7, 11) is 3.04. The first-order valence-electron chi connectivity index (χ1n) is 9.75. The van der Waals surface area contributed by atoms with Crippen molar-refractivity contribution in [2.45, 2.75) is 38.3 Å². The van der Waals surface area contributed by atoms with E-state index in [1.807, 2.05) is 26.1 Å². The Morgan fingerprint density at radius 1 is 1.21 bits per heavy atom. The second kappa shape index (κ2) is 11.7. The molecule has 4 heteroatoms. The number of aliphatic hydroxyl groups excluding tert-OH is 2. The number of hydrogen-bond donors (Lipinski definition) is 2. The number of rotatable bonds is 6. The minimum absolute atomic E-state index is 0.279. The monoisotopic (exact) mass is 384 g/mol. The van der Waals surface area contributed by atoms with E-state index in [9.17, 15) is 5.11 Å². The summed E-state index contributed by atoms with van der Waals surface area (Å²) in [5.41, 5.74) is 3.73. The fourth-order valence-corrected chi connectivity index (χ4v) is 3.58. The topological polar surface area (TPSA) is 46.9 Å². The van der Waals surface area contributed by atoms with Crippen LogP contribution < -0.4 is 0 Å². The van der Waals surface area contributed by atoms with Crippen molar-refractivity contribution in [1.82, 2.24) is 9.80 Å². The summed E-state index contributed by atoms with van der Waals surface area (Å²) in [6.07, 6.45) is 7.04. The first-order valence-corrected chi connectivity index (χ1v) is 9.75. The third kappa shape index (κ3) is 6.83. The highest BCUT2D eigenvalue weighted by molar-refractivity contribution is 5.42. The van der Waals surface area contributed by atoms with E-state index in [0.29, 0.717) is 18.6 Å². The molecule has 1 aliphatic carbocycles. The maximum atomic E-state index is 9.20. The fourth-order valence-electron chi connectivity index (χ4n) is 3.58. The van der Waals surface area contributed by atoms with Gasteiger partial charge in [0.1, 0.15) is 0 Å². The van der Waals surface area contributed by atoms with Crippen molar-refractivity contribution >= 4 is 0 Å². The molecule has 2 N–H and O–H groups in total. The molecule has 1 unspecified atom stereocenters. The summed E-state index contributed by atoms with van der Waals surface area (Å²) in [5.74, 6) is 6.66. The van der Waals surface area contributed by atoms with Gasteiger partial charge in [-0.2, -0.15) is 0 Å². The molecule has 0 amide bonds. The molecular formula is C24H36N2O2. The molecule has 1 saturated heterocycles. The third-order valence-corrected chi connectivity index (χ3v) is 5.38. The van der Waals surface area contributed by atoms with Gasteiger partial charge in [-0.25, -0.2) is 0 Å². The van der Waals surface area contributed by atoms with Crippen molar-refractivity contribution in [1.29, 1.82) is 0 Å². The Kier molecular flexibility index (Phi) is 10.0. The van der Waals surface area contributed by atoms with Gasteiger partial charge in [-0.1, -0.05) is 43.9 Å². The van der Waals surface area contributed by atoms with E-state index in [2.05, 4.69) is 48.0 Å². The van der Waals surface area contributed by atoms with E-state index in [1.165, 1.54) is 5.57 Å². The molecule has 2 aliphatic rings. The summed E-state index contributed by atoms with van der Waals surface area (Å²) in [4.78, 5) is 4.65. The lowest BCUT2D eigenvalue weighted by atomic mass is 9.79. The Balaban J connectivity index is 0.00000190. The van der Waals surface area contributed by atoms with Crippen LogP contribution in [0.4, 0.5) is 0 Å². The normalized spacial score (nSPS) is 24.3. The minimum Gasteiger partial charge on any atom is -0.400 e. The Labute approximate surface area is 171 Å². The number of hydrogen-bond acceptors (Lipinski definition) is 4. The van der Waals surface area contributed by atoms with Crippen molar-refractivity contribution in [3.05, 3.63) is 60.9 Å². The van der Waals surface area contributed by atoms with Crippen LogP contribution >= 0.6 is 0 Å². The van der Waals surface area contributed by atoms with Gasteiger partial charge in [0.05, 0.1) is 11.7 Å². The number of aliphatic hydroxyl groups is 2. The van der Waals surface area contributed by atoms with Crippen LogP contribution in [0.25, 0.3) is 0 Å². The van der Waals surface area contributed by atoms with Gasteiger partial charge in [0, 0.05) is 45.5 Å². The second-order valence-electron chi connectivity index (χ2n) is 7.62. The molecule has 0 radical (unpaired) electrons. The SMILES string of the molecule is C=C(C)/C=C\C(=C)C#CC(=C)N(C)C1CCN(C2CC(CO)C2)CC1=C.CO. The summed E-state index contributed by atoms with van der Waals surface area (Å²) in [6, 6.07) is 0.891. The predicted octanol–water partition coefficient (Wildman–Crippen LogP) is 3.13. The number of piperidine rings is 1. The number of nitrogens with zero attached hydrogens (tertiary/aromatic N) is 2. The molecule has 0 bridgehead atoms. The fraction of sp³-hybridized carbons (Fsp3) is 0.500. The molecule has 0 spiro atoms. The van der Waals surface area contributed by atoms with Crippen LogP contribution in [0, 0.1) is 17.8 Å². The average molecular weight is 385 g/mol. The van der Waals surface area contributed by atoms with E-state index in [0.717, 1.165) is 56.3 Å². The largest absolute Gasteiger partial charge is 0.400 e. The van der Waals surface area contributed by atoms with Gasteiger partial charge in [0.25, 0.3) is 0 Å². The first kappa shape index (κ1) is 24.0. The summed E-state index contributed by atoms with van der Waals surface area (Å²) < 4.78 is 0. The molecule has 1 atom stereocenters. The maximum Gasteiger partial charge on any atom is 0.0812 e. The van der Waals surface area contributed by atoms with E-state index in [1.54, 1.807) is 0 Å². The molecule has 1 heterocycles. The van der Waals surface area contributed by atoms with Crippen molar-refractivity contribution < 1.29 is 10.2 Å². The van der Waals surface area contributed by atoms with Gasteiger partial charge in [-0.15, -0.1) is 0 Å². The zero-order valence-corrected chi connectivity index (χ0v) is 17.7. The standard InChI is InChI=1S/C23H32N2O.CH4O/c1-17(2)7-8-18(3)9-10-20(5)24(6)23-11-12-25(15-19(23)4)22-13-21(14-22)16-26;1-2/h7-8,21-23,26H,1,3-5,11-16H2,2,6H3;2H,1H3/b8-7-;. The molecular weight excluding hydrogens is 348 g/mol. The summed E-state index contributed by atoms with van der Waals surface area (Å²) >= 11 is 0. The first-order chi connectivity index (χ1) is 13.3. The molecule has 1 aliphatic heterocycles. The Hall–Kier alpha value is -2.06. The van der Waals surface area contributed by atoms with Gasteiger partial charge in [-0.3, -0.25) is 4.90 Å². The van der Waals surface area contributed by atoms with E-state index >= 15 is 0 Å². The van der Waals surface area contributed by atoms with Crippen LogP contribution in [0.1, 0.15) is 26.2 Å². The van der Waals surface area contributed by atoms with E-state index in [-0.39, 0.29) is 6.04 Å². The number of likely N-dealkylation sites (tertiary alicyclic amines) is 1. The number of allylic oxidation sites excluding steroid dienone is 5. The molecule has 0 aromatic carbocycles. The summed E-state index contributed by atoms with van der Waals surface area (Å²) in [6.45, 7) is 20.4. The van der Waals surface area contributed by atoms with Gasteiger partial charge in [0.15, 0.2) is 0 Å². The van der Waals surface area contributed by atoms with Gasteiger partial charge >= 0.3 is 0 Å². The predicted molar refractivity (Wildman–Crippen MR) is 119 cm³/mol. The molecule has 154 valence electrons. The van der Waals surface area contributed by atoms with Crippen molar-refractivity contribution in [2.75, 3.05) is 33.9 Å². The Morgan fingerprint density at radius 2 is 1.86 bits per heavy atom. The van der Waals surface area contributed by atoms with E-state index in [4.69, 9.17) is 5.11 Å². The molecule has 0 aromatic rings. The smallest absolute Gasteiger partial charge is 0.0812 e. The molecule has 2 rings (SSSR count).